The van der Waals surface area contributed by atoms with Crippen molar-refractivity contribution in [3.63, 3.8) is 0 Å². The summed E-state index contributed by atoms with van der Waals surface area (Å²) < 4.78 is 0. The Bertz CT molecular complexity index is 335. The van der Waals surface area contributed by atoms with Crippen LogP contribution in [0.1, 0.15) is 51.4 Å². The normalized spacial score (nSPS) is 32.4. The monoisotopic (exact) mass is 279 g/mol. The largest absolute Gasteiger partial charge is 0.342 e. The first kappa shape index (κ1) is 14.3. The van der Waals surface area contributed by atoms with E-state index in [0.717, 1.165) is 45.3 Å². The van der Waals surface area contributed by atoms with Crippen LogP contribution in [0.3, 0.4) is 0 Å². The van der Waals surface area contributed by atoms with Crippen molar-refractivity contribution in [2.75, 3.05) is 19.6 Å². The van der Waals surface area contributed by atoms with Gasteiger partial charge in [0.2, 0.25) is 5.91 Å². The van der Waals surface area contributed by atoms with E-state index < -0.39 is 0 Å². The van der Waals surface area contributed by atoms with E-state index in [4.69, 9.17) is 5.73 Å². The lowest BCUT2D eigenvalue weighted by Crippen LogP contribution is -2.51. The number of rotatable bonds is 4. The second kappa shape index (κ2) is 6.44. The smallest absolute Gasteiger partial charge is 0.225 e. The number of hydrogen-bond acceptors (Lipinski definition) is 3. The number of carbonyl (C=O) groups is 1. The Kier molecular flexibility index (Phi) is 4.61. The number of likely N-dealkylation sites (tertiary alicyclic amines) is 1. The number of piperidine rings is 1. The molecule has 0 bridgehead atoms. The van der Waals surface area contributed by atoms with Crippen LogP contribution < -0.4 is 11.1 Å². The van der Waals surface area contributed by atoms with Gasteiger partial charge >= 0.3 is 0 Å². The van der Waals surface area contributed by atoms with Crippen LogP contribution in [0.25, 0.3) is 0 Å². The Labute approximate surface area is 122 Å². The maximum absolute atomic E-state index is 12.0. The summed E-state index contributed by atoms with van der Waals surface area (Å²) in [4.78, 5) is 14.1. The molecule has 0 spiro atoms. The summed E-state index contributed by atoms with van der Waals surface area (Å²) in [6.07, 6.45) is 9.73. The molecule has 2 atom stereocenters. The van der Waals surface area contributed by atoms with Gasteiger partial charge in [0.15, 0.2) is 0 Å². The summed E-state index contributed by atoms with van der Waals surface area (Å²) >= 11 is 0. The quantitative estimate of drug-likeness (QED) is 0.820. The van der Waals surface area contributed by atoms with Gasteiger partial charge in [-0.25, -0.2) is 0 Å². The van der Waals surface area contributed by atoms with Crippen molar-refractivity contribution >= 4 is 5.91 Å². The fourth-order valence-corrected chi connectivity index (χ4v) is 3.87. The van der Waals surface area contributed by atoms with Gasteiger partial charge < -0.3 is 16.0 Å². The molecule has 0 radical (unpaired) electrons. The van der Waals surface area contributed by atoms with Crippen LogP contribution >= 0.6 is 0 Å². The molecule has 0 aromatic carbocycles. The highest BCUT2D eigenvalue weighted by atomic mass is 16.2. The standard InChI is InChI=1S/C16H29N3O/c17-11-13-3-1-2-4-15(13)18-14-7-9-19(10-8-14)16(20)12-5-6-12/h12-15,18H,1-11,17H2. The Morgan fingerprint density at radius 2 is 1.75 bits per heavy atom. The lowest BCUT2D eigenvalue weighted by molar-refractivity contribution is -0.133. The molecule has 1 saturated heterocycles. The first-order valence-corrected chi connectivity index (χ1v) is 8.53. The number of nitrogens with two attached hydrogens (primary N) is 1. The van der Waals surface area contributed by atoms with Crippen LogP contribution in [0.5, 0.6) is 0 Å². The average molecular weight is 279 g/mol. The maximum Gasteiger partial charge on any atom is 0.225 e. The van der Waals surface area contributed by atoms with Gasteiger partial charge in [0, 0.05) is 31.1 Å². The van der Waals surface area contributed by atoms with E-state index in [-0.39, 0.29) is 0 Å². The van der Waals surface area contributed by atoms with E-state index in [1.165, 1.54) is 25.7 Å². The van der Waals surface area contributed by atoms with Crippen LogP contribution in [0.2, 0.25) is 0 Å². The van der Waals surface area contributed by atoms with Crippen LogP contribution in [-0.4, -0.2) is 42.5 Å². The summed E-state index contributed by atoms with van der Waals surface area (Å²) in [6.45, 7) is 2.72. The molecule has 3 rings (SSSR count). The van der Waals surface area contributed by atoms with Crippen molar-refractivity contribution in [2.24, 2.45) is 17.6 Å². The zero-order chi connectivity index (χ0) is 13.9. The van der Waals surface area contributed by atoms with Crippen LogP contribution in [0, 0.1) is 11.8 Å². The molecule has 3 fully saturated rings. The fourth-order valence-electron chi connectivity index (χ4n) is 3.87. The molecule has 1 aliphatic heterocycles. The molecule has 2 aliphatic carbocycles. The van der Waals surface area contributed by atoms with Crippen LogP contribution in [0.4, 0.5) is 0 Å². The van der Waals surface area contributed by atoms with Gasteiger partial charge in [-0.1, -0.05) is 12.8 Å². The summed E-state index contributed by atoms with van der Waals surface area (Å²) in [5.41, 5.74) is 5.91. The average Bonchev–Trinajstić information content (AvgIpc) is 3.32. The van der Waals surface area contributed by atoms with Gasteiger partial charge in [-0.05, 0) is 51.0 Å². The SMILES string of the molecule is NCC1CCCCC1NC1CCN(C(=O)C2CC2)CC1. The molecule has 3 N–H and O–H groups in total. The maximum atomic E-state index is 12.0. The van der Waals surface area contributed by atoms with Crippen LogP contribution in [-0.2, 0) is 4.79 Å². The van der Waals surface area contributed by atoms with Crippen LogP contribution in [0.15, 0.2) is 0 Å². The van der Waals surface area contributed by atoms with Crippen molar-refractivity contribution in [1.82, 2.24) is 10.2 Å². The molecule has 4 heteroatoms. The molecule has 2 unspecified atom stereocenters. The first-order chi connectivity index (χ1) is 9.78. The molecular formula is C16H29N3O. The van der Waals surface area contributed by atoms with Crippen molar-refractivity contribution < 1.29 is 4.79 Å². The molecule has 2 saturated carbocycles. The third-order valence-electron chi connectivity index (χ3n) is 5.39. The molecule has 1 heterocycles. The Hall–Kier alpha value is -0.610. The van der Waals surface area contributed by atoms with Crippen molar-refractivity contribution in [3.8, 4) is 0 Å². The molecule has 0 aromatic heterocycles. The number of nitrogens with zero attached hydrogens (tertiary/aromatic N) is 1. The van der Waals surface area contributed by atoms with Gasteiger partial charge in [-0.2, -0.15) is 0 Å². The molecule has 114 valence electrons. The predicted molar refractivity (Wildman–Crippen MR) is 80.3 cm³/mol. The Balaban J connectivity index is 1.44. The minimum atomic E-state index is 0.375. The third-order valence-corrected chi connectivity index (χ3v) is 5.39. The second-order valence-corrected chi connectivity index (χ2v) is 6.93. The van der Waals surface area contributed by atoms with E-state index in [1.807, 2.05) is 0 Å². The van der Waals surface area contributed by atoms with Crippen molar-refractivity contribution in [2.45, 2.75) is 63.5 Å². The highest BCUT2D eigenvalue weighted by molar-refractivity contribution is 5.81. The second-order valence-electron chi connectivity index (χ2n) is 6.93. The van der Waals surface area contributed by atoms with Crippen molar-refractivity contribution in [3.05, 3.63) is 0 Å². The van der Waals surface area contributed by atoms with E-state index in [0.29, 0.717) is 29.8 Å². The summed E-state index contributed by atoms with van der Waals surface area (Å²) in [7, 11) is 0. The van der Waals surface area contributed by atoms with Gasteiger partial charge in [-0.3, -0.25) is 4.79 Å². The molecule has 0 aromatic rings. The van der Waals surface area contributed by atoms with Crippen molar-refractivity contribution in [1.29, 1.82) is 0 Å². The summed E-state index contributed by atoms with van der Waals surface area (Å²) in [6, 6.07) is 1.21. The highest BCUT2D eigenvalue weighted by Gasteiger charge is 2.35. The van der Waals surface area contributed by atoms with Gasteiger partial charge in [0.25, 0.3) is 0 Å². The minimum absolute atomic E-state index is 0.375. The predicted octanol–water partition coefficient (Wildman–Crippen LogP) is 1.49. The summed E-state index contributed by atoms with van der Waals surface area (Å²) in [5.74, 6) is 1.45. The zero-order valence-corrected chi connectivity index (χ0v) is 12.5. The number of carbonyl (C=O) groups excluding carboxylic acids is 1. The molecule has 20 heavy (non-hydrogen) atoms. The fraction of sp³-hybridized carbons (Fsp3) is 0.938. The molecule has 3 aliphatic rings. The molecule has 1 amide bonds. The first-order valence-electron chi connectivity index (χ1n) is 8.53. The summed E-state index contributed by atoms with van der Waals surface area (Å²) in [5, 5.41) is 3.85. The zero-order valence-electron chi connectivity index (χ0n) is 12.5. The third kappa shape index (κ3) is 3.34. The number of nitrogens with one attached hydrogen (secondary N) is 1. The lowest BCUT2D eigenvalue weighted by Gasteiger charge is -2.38. The Morgan fingerprint density at radius 3 is 2.40 bits per heavy atom. The highest BCUT2D eigenvalue weighted by Crippen LogP contribution is 2.32. The van der Waals surface area contributed by atoms with E-state index in [2.05, 4.69) is 10.2 Å². The minimum Gasteiger partial charge on any atom is -0.342 e. The van der Waals surface area contributed by atoms with E-state index in [1.54, 1.807) is 0 Å². The van der Waals surface area contributed by atoms with Gasteiger partial charge in [-0.15, -0.1) is 0 Å². The lowest BCUT2D eigenvalue weighted by atomic mass is 9.83. The van der Waals surface area contributed by atoms with E-state index >= 15 is 0 Å². The molecule has 4 nitrogen and oxygen atoms in total. The van der Waals surface area contributed by atoms with E-state index in [9.17, 15) is 4.79 Å². The topological polar surface area (TPSA) is 58.4 Å². The number of hydrogen-bond donors (Lipinski definition) is 2. The van der Waals surface area contributed by atoms with Gasteiger partial charge in [0.1, 0.15) is 0 Å². The molecular weight excluding hydrogens is 250 g/mol. The Morgan fingerprint density at radius 1 is 1.05 bits per heavy atom. The van der Waals surface area contributed by atoms with Gasteiger partial charge in [0.05, 0.1) is 0 Å². The number of amides is 1.